The molecule has 3 aromatic rings. The van der Waals surface area contributed by atoms with Crippen LogP contribution in [-0.2, 0) is 9.47 Å². The van der Waals surface area contributed by atoms with Crippen LogP contribution in [0.3, 0.4) is 0 Å². The van der Waals surface area contributed by atoms with Gasteiger partial charge in [-0.3, -0.25) is 4.79 Å². The van der Waals surface area contributed by atoms with Crippen LogP contribution in [0.5, 0.6) is 0 Å². The number of aromatic nitrogens is 1. The maximum atomic E-state index is 13.1. The molecule has 1 N–H and O–H groups in total. The lowest BCUT2D eigenvalue weighted by Crippen LogP contribution is -2.39. The molecule has 0 unspecified atom stereocenters. The van der Waals surface area contributed by atoms with Crippen LogP contribution in [0.4, 0.5) is 4.79 Å². The summed E-state index contributed by atoms with van der Waals surface area (Å²) in [4.78, 5) is 31.4. The summed E-state index contributed by atoms with van der Waals surface area (Å²) in [6.07, 6.45) is 3.03. The van der Waals surface area contributed by atoms with Gasteiger partial charge in [0.2, 0.25) is 12.2 Å². The summed E-state index contributed by atoms with van der Waals surface area (Å²) in [5.41, 5.74) is 2.70. The fourth-order valence-corrected chi connectivity index (χ4v) is 4.72. The van der Waals surface area contributed by atoms with Gasteiger partial charge in [0.15, 0.2) is 5.58 Å². The van der Waals surface area contributed by atoms with Crippen molar-refractivity contribution in [3.63, 3.8) is 0 Å². The van der Waals surface area contributed by atoms with Crippen molar-refractivity contribution in [3.8, 4) is 11.5 Å². The number of fused-ring (bicyclic) bond motifs is 1. The van der Waals surface area contributed by atoms with E-state index in [-0.39, 0.29) is 18.0 Å². The molecule has 1 aromatic heterocycles. The highest BCUT2D eigenvalue weighted by Crippen LogP contribution is 2.28. The highest BCUT2D eigenvalue weighted by molar-refractivity contribution is 6.31. The average Bonchev–Trinajstić information content (AvgIpc) is 3.59. The molecule has 0 bridgehead atoms. The molecule has 3 atom stereocenters. The number of hydrogen-bond donors (Lipinski definition) is 1. The van der Waals surface area contributed by atoms with Gasteiger partial charge in [-0.15, -0.1) is 0 Å². The molecule has 1 aliphatic carbocycles. The Hall–Kier alpha value is -3.10. The molecule has 2 fully saturated rings. The van der Waals surface area contributed by atoms with E-state index in [4.69, 9.17) is 25.5 Å². The van der Waals surface area contributed by atoms with E-state index in [9.17, 15) is 9.59 Å². The summed E-state index contributed by atoms with van der Waals surface area (Å²) in [5.74, 6) is 0.410. The molecule has 0 radical (unpaired) electrons. The zero-order valence-electron chi connectivity index (χ0n) is 18.8. The van der Waals surface area contributed by atoms with E-state index < -0.39 is 12.4 Å². The first-order valence-electron chi connectivity index (χ1n) is 11.5. The van der Waals surface area contributed by atoms with Gasteiger partial charge in [0, 0.05) is 41.7 Å². The second-order valence-corrected chi connectivity index (χ2v) is 9.22. The Bertz CT molecular complexity index is 1190. The maximum absolute atomic E-state index is 13.1. The SMILES string of the molecule is CN(C(=O)c1ccc(-c2nc3cc(Cl)ccc3o2)cc1)[C@@H]1CC[C@H](NC(=O)O[C@H]2CCCO2)C1. The first-order chi connectivity index (χ1) is 16.5. The first kappa shape index (κ1) is 22.7. The Kier molecular flexibility index (Phi) is 6.43. The molecular weight excluding hydrogens is 458 g/mol. The van der Waals surface area contributed by atoms with Crippen LogP contribution in [-0.4, -0.2) is 53.9 Å². The van der Waals surface area contributed by atoms with Gasteiger partial charge in [0.1, 0.15) is 5.52 Å². The second kappa shape index (κ2) is 9.64. The van der Waals surface area contributed by atoms with Gasteiger partial charge in [-0.1, -0.05) is 11.6 Å². The molecule has 1 aliphatic heterocycles. The van der Waals surface area contributed by atoms with Crippen molar-refractivity contribution in [2.75, 3.05) is 13.7 Å². The maximum Gasteiger partial charge on any atom is 0.409 e. The lowest BCUT2D eigenvalue weighted by atomic mass is 10.1. The number of benzene rings is 2. The van der Waals surface area contributed by atoms with Crippen LogP contribution < -0.4 is 5.32 Å². The van der Waals surface area contributed by atoms with Gasteiger partial charge in [-0.05, 0) is 68.1 Å². The van der Waals surface area contributed by atoms with Crippen LogP contribution in [0.25, 0.3) is 22.6 Å². The van der Waals surface area contributed by atoms with Crippen molar-refractivity contribution < 1.29 is 23.5 Å². The number of carbonyl (C=O) groups is 2. The van der Waals surface area contributed by atoms with Crippen molar-refractivity contribution in [2.45, 2.75) is 50.5 Å². The molecule has 1 saturated heterocycles. The van der Waals surface area contributed by atoms with Gasteiger partial charge in [-0.2, -0.15) is 0 Å². The predicted molar refractivity (Wildman–Crippen MR) is 127 cm³/mol. The quantitative estimate of drug-likeness (QED) is 0.548. The molecule has 2 amide bonds. The lowest BCUT2D eigenvalue weighted by Gasteiger charge is -2.25. The Balaban J connectivity index is 1.18. The fourth-order valence-electron chi connectivity index (χ4n) is 4.55. The average molecular weight is 484 g/mol. The summed E-state index contributed by atoms with van der Waals surface area (Å²) in [7, 11) is 1.80. The zero-order chi connectivity index (χ0) is 23.7. The molecule has 0 spiro atoms. The minimum Gasteiger partial charge on any atom is -0.436 e. The Morgan fingerprint density at radius 2 is 1.97 bits per heavy atom. The largest absolute Gasteiger partial charge is 0.436 e. The van der Waals surface area contributed by atoms with E-state index in [1.807, 2.05) is 12.1 Å². The van der Waals surface area contributed by atoms with Gasteiger partial charge in [0.05, 0.1) is 6.61 Å². The highest BCUT2D eigenvalue weighted by Gasteiger charge is 2.32. The van der Waals surface area contributed by atoms with Crippen molar-refractivity contribution in [2.24, 2.45) is 0 Å². The second-order valence-electron chi connectivity index (χ2n) is 8.78. The van der Waals surface area contributed by atoms with Crippen LogP contribution in [0.1, 0.15) is 42.5 Å². The number of oxazole rings is 1. The number of halogens is 1. The lowest BCUT2D eigenvalue weighted by molar-refractivity contribution is -0.0685. The Morgan fingerprint density at radius 3 is 2.74 bits per heavy atom. The third-order valence-corrected chi connectivity index (χ3v) is 6.68. The van der Waals surface area contributed by atoms with Gasteiger partial charge < -0.3 is 24.1 Å². The third-order valence-electron chi connectivity index (χ3n) is 6.45. The molecule has 34 heavy (non-hydrogen) atoms. The Morgan fingerprint density at radius 1 is 1.15 bits per heavy atom. The molecule has 8 nitrogen and oxygen atoms in total. The number of amides is 2. The van der Waals surface area contributed by atoms with Crippen molar-refractivity contribution in [1.29, 1.82) is 0 Å². The topological polar surface area (TPSA) is 93.9 Å². The summed E-state index contributed by atoms with van der Waals surface area (Å²) < 4.78 is 16.4. The van der Waals surface area contributed by atoms with E-state index in [1.54, 1.807) is 42.3 Å². The number of ether oxygens (including phenoxy) is 2. The van der Waals surface area contributed by atoms with Crippen LogP contribution >= 0.6 is 11.6 Å². The van der Waals surface area contributed by atoms with Gasteiger partial charge in [-0.25, -0.2) is 9.78 Å². The standard InChI is InChI=1S/C25H26ClN3O5/c1-29(19-10-9-18(14-19)27-25(31)34-22-3-2-12-32-22)24(30)16-6-4-15(5-7-16)23-28-20-13-17(26)8-11-21(20)33-23/h4-8,11,13,18-19,22H,2-3,9-10,12,14H2,1H3,(H,27,31)/t18-,19+,22-/m0/s1. The van der Waals surface area contributed by atoms with Crippen molar-refractivity contribution in [1.82, 2.24) is 15.2 Å². The monoisotopic (exact) mass is 483 g/mol. The van der Waals surface area contributed by atoms with E-state index >= 15 is 0 Å². The molecule has 178 valence electrons. The van der Waals surface area contributed by atoms with Crippen molar-refractivity contribution >= 4 is 34.7 Å². The normalized spacial score (nSPS) is 22.1. The zero-order valence-corrected chi connectivity index (χ0v) is 19.6. The molecule has 2 heterocycles. The third kappa shape index (κ3) is 4.88. The predicted octanol–water partition coefficient (Wildman–Crippen LogP) is 5.00. The summed E-state index contributed by atoms with van der Waals surface area (Å²) in [5, 5.41) is 3.50. The molecular formula is C25H26ClN3O5. The van der Waals surface area contributed by atoms with E-state index in [0.29, 0.717) is 40.6 Å². The number of nitrogens with one attached hydrogen (secondary N) is 1. The minimum atomic E-state index is -0.455. The molecule has 5 rings (SSSR count). The van der Waals surface area contributed by atoms with Crippen LogP contribution in [0.15, 0.2) is 46.9 Å². The highest BCUT2D eigenvalue weighted by atomic mass is 35.5. The summed E-state index contributed by atoms with van der Waals surface area (Å²) in [6, 6.07) is 12.5. The summed E-state index contributed by atoms with van der Waals surface area (Å²) in [6.45, 7) is 0.626. The molecule has 2 aliphatic rings. The smallest absolute Gasteiger partial charge is 0.409 e. The molecule has 1 saturated carbocycles. The first-order valence-corrected chi connectivity index (χ1v) is 11.9. The van der Waals surface area contributed by atoms with Crippen LogP contribution in [0.2, 0.25) is 5.02 Å². The Labute approximate surface area is 202 Å². The van der Waals surface area contributed by atoms with E-state index in [2.05, 4.69) is 10.3 Å². The van der Waals surface area contributed by atoms with E-state index in [1.165, 1.54) is 0 Å². The van der Waals surface area contributed by atoms with Gasteiger partial charge in [0.25, 0.3) is 5.91 Å². The molecule has 2 aromatic carbocycles. The number of rotatable bonds is 5. The van der Waals surface area contributed by atoms with Gasteiger partial charge >= 0.3 is 6.09 Å². The number of hydrogen-bond acceptors (Lipinski definition) is 6. The van der Waals surface area contributed by atoms with Crippen LogP contribution in [0, 0.1) is 0 Å². The fraction of sp³-hybridized carbons (Fsp3) is 0.400. The van der Waals surface area contributed by atoms with E-state index in [0.717, 1.165) is 31.2 Å². The number of nitrogens with zero attached hydrogens (tertiary/aromatic N) is 2. The van der Waals surface area contributed by atoms with Crippen molar-refractivity contribution in [3.05, 3.63) is 53.1 Å². The summed E-state index contributed by atoms with van der Waals surface area (Å²) >= 11 is 6.03. The minimum absolute atomic E-state index is 0.0239. The number of carbonyl (C=O) groups excluding carboxylic acids is 2. The molecule has 9 heteroatoms. The number of alkyl carbamates (subject to hydrolysis) is 1.